The average Bonchev–Trinajstić information content (AvgIpc) is 2.54. The first kappa shape index (κ1) is 19.9. The van der Waals surface area contributed by atoms with Crippen molar-refractivity contribution in [1.29, 1.82) is 0 Å². The van der Waals surface area contributed by atoms with Crippen LogP contribution >= 0.6 is 0 Å². The zero-order valence-corrected chi connectivity index (χ0v) is 16.6. The third-order valence-corrected chi connectivity index (χ3v) is 6.70. The van der Waals surface area contributed by atoms with Crippen molar-refractivity contribution in [2.75, 3.05) is 27.2 Å². The molecule has 1 aliphatic rings. The summed E-state index contributed by atoms with van der Waals surface area (Å²) in [5, 5.41) is 3.05. The Balaban J connectivity index is 2.05. The second-order valence-corrected chi connectivity index (χ2v) is 9.22. The number of hydrogen-bond donors (Lipinski definition) is 1. The summed E-state index contributed by atoms with van der Waals surface area (Å²) in [6, 6.07) is 6.08. The Bertz CT molecular complexity index is 731. The van der Waals surface area contributed by atoms with Crippen molar-refractivity contribution in [3.05, 3.63) is 34.9 Å². The number of nitrogens with zero attached hydrogens (tertiary/aromatic N) is 2. The molecule has 1 saturated heterocycles. The fourth-order valence-corrected chi connectivity index (χ4v) is 4.51. The summed E-state index contributed by atoms with van der Waals surface area (Å²) in [7, 11) is -0.442. The predicted octanol–water partition coefficient (Wildman–Crippen LogP) is 2.00. The summed E-state index contributed by atoms with van der Waals surface area (Å²) < 4.78 is 27.2. The van der Waals surface area contributed by atoms with Crippen LogP contribution < -0.4 is 5.32 Å². The highest BCUT2D eigenvalue weighted by Crippen LogP contribution is 2.23. The highest BCUT2D eigenvalue weighted by Gasteiger charge is 2.33. The predicted molar refractivity (Wildman–Crippen MR) is 99.4 cm³/mol. The number of carbonyl (C=O) groups is 1. The molecule has 1 aliphatic heterocycles. The standard InChI is InChI=1S/C18H29N3O3S/c1-13-8-9-17(14(2)11-13)15(3)19-18(22)16-7-6-10-21(12-16)25(23,24)20(4)5/h8-9,11,15-16H,6-7,10,12H2,1-5H3,(H,19,22). The zero-order chi connectivity index (χ0) is 18.8. The number of piperidine rings is 1. The van der Waals surface area contributed by atoms with Crippen LogP contribution in [-0.4, -0.2) is 50.1 Å². The maximum Gasteiger partial charge on any atom is 0.281 e. The maximum atomic E-state index is 12.7. The monoisotopic (exact) mass is 367 g/mol. The molecule has 2 rings (SSSR count). The molecule has 0 bridgehead atoms. The van der Waals surface area contributed by atoms with Gasteiger partial charge in [-0.05, 0) is 44.7 Å². The van der Waals surface area contributed by atoms with E-state index in [1.807, 2.05) is 32.9 Å². The van der Waals surface area contributed by atoms with Gasteiger partial charge in [0.05, 0.1) is 12.0 Å². The Labute approximate surface area is 151 Å². The fraction of sp³-hybridized carbons (Fsp3) is 0.611. The topological polar surface area (TPSA) is 69.7 Å². The van der Waals surface area contributed by atoms with Crippen LogP contribution in [-0.2, 0) is 15.0 Å². The zero-order valence-electron chi connectivity index (χ0n) is 15.7. The van der Waals surface area contributed by atoms with E-state index in [1.54, 1.807) is 0 Å². The summed E-state index contributed by atoms with van der Waals surface area (Å²) in [6.07, 6.45) is 1.41. The van der Waals surface area contributed by atoms with E-state index in [1.165, 1.54) is 28.3 Å². The first-order valence-corrected chi connectivity index (χ1v) is 10.1. The van der Waals surface area contributed by atoms with Crippen LogP contribution in [0.25, 0.3) is 0 Å². The lowest BCUT2D eigenvalue weighted by atomic mass is 9.96. The van der Waals surface area contributed by atoms with Gasteiger partial charge < -0.3 is 5.32 Å². The number of carbonyl (C=O) groups excluding carboxylic acids is 1. The Morgan fingerprint density at radius 1 is 1.32 bits per heavy atom. The highest BCUT2D eigenvalue weighted by molar-refractivity contribution is 7.86. The molecule has 6 nitrogen and oxygen atoms in total. The van der Waals surface area contributed by atoms with Gasteiger partial charge in [-0.1, -0.05) is 23.8 Å². The Hall–Kier alpha value is -1.44. The van der Waals surface area contributed by atoms with Crippen LogP contribution in [0.3, 0.4) is 0 Å². The summed E-state index contributed by atoms with van der Waals surface area (Å²) in [5.41, 5.74) is 3.43. The molecule has 140 valence electrons. The van der Waals surface area contributed by atoms with Gasteiger partial charge in [-0.15, -0.1) is 0 Å². The number of hydrogen-bond acceptors (Lipinski definition) is 3. The van der Waals surface area contributed by atoms with Crippen LogP contribution in [0.5, 0.6) is 0 Å². The smallest absolute Gasteiger partial charge is 0.281 e. The lowest BCUT2D eigenvalue weighted by molar-refractivity contribution is -0.126. The molecule has 0 radical (unpaired) electrons. The van der Waals surface area contributed by atoms with E-state index in [-0.39, 0.29) is 24.4 Å². The minimum atomic E-state index is -3.47. The van der Waals surface area contributed by atoms with Crippen LogP contribution in [0.2, 0.25) is 0 Å². The Kier molecular flexibility index (Phi) is 6.24. The molecule has 1 fully saturated rings. The van der Waals surface area contributed by atoms with Crippen molar-refractivity contribution in [2.24, 2.45) is 5.92 Å². The second-order valence-electron chi connectivity index (χ2n) is 7.08. The number of rotatable bonds is 5. The third kappa shape index (κ3) is 4.59. The molecule has 2 atom stereocenters. The molecule has 0 saturated carbocycles. The first-order chi connectivity index (χ1) is 11.6. The van der Waals surface area contributed by atoms with Crippen molar-refractivity contribution in [1.82, 2.24) is 13.9 Å². The summed E-state index contributed by atoms with van der Waals surface area (Å²) in [5.74, 6) is -0.386. The van der Waals surface area contributed by atoms with Crippen molar-refractivity contribution >= 4 is 16.1 Å². The number of aryl methyl sites for hydroxylation is 2. The van der Waals surface area contributed by atoms with Crippen LogP contribution in [0, 0.1) is 19.8 Å². The quantitative estimate of drug-likeness (QED) is 0.865. The van der Waals surface area contributed by atoms with Gasteiger partial charge in [0.15, 0.2) is 0 Å². The molecule has 0 aromatic heterocycles. The molecule has 1 heterocycles. The Morgan fingerprint density at radius 2 is 2.00 bits per heavy atom. The van der Waals surface area contributed by atoms with E-state index in [0.29, 0.717) is 19.4 Å². The molecule has 1 aromatic rings. The van der Waals surface area contributed by atoms with Gasteiger partial charge >= 0.3 is 0 Å². The van der Waals surface area contributed by atoms with Gasteiger partial charge in [0.1, 0.15) is 0 Å². The molecular formula is C18H29N3O3S. The lowest BCUT2D eigenvalue weighted by Gasteiger charge is -2.33. The van der Waals surface area contributed by atoms with E-state index in [4.69, 9.17) is 0 Å². The van der Waals surface area contributed by atoms with Gasteiger partial charge in [0, 0.05) is 27.2 Å². The summed E-state index contributed by atoms with van der Waals surface area (Å²) in [4.78, 5) is 12.7. The summed E-state index contributed by atoms with van der Waals surface area (Å²) in [6.45, 7) is 6.76. The van der Waals surface area contributed by atoms with Crippen molar-refractivity contribution in [2.45, 2.75) is 39.7 Å². The van der Waals surface area contributed by atoms with E-state index in [2.05, 4.69) is 11.4 Å². The molecule has 2 unspecified atom stereocenters. The van der Waals surface area contributed by atoms with Gasteiger partial charge in [-0.25, -0.2) is 0 Å². The fourth-order valence-electron chi connectivity index (χ4n) is 3.32. The third-order valence-electron chi connectivity index (χ3n) is 4.79. The number of benzene rings is 1. The van der Waals surface area contributed by atoms with E-state index in [0.717, 1.165) is 11.1 Å². The first-order valence-electron chi connectivity index (χ1n) is 8.68. The highest BCUT2D eigenvalue weighted by atomic mass is 32.2. The molecule has 1 amide bonds. The van der Waals surface area contributed by atoms with Crippen molar-refractivity contribution < 1.29 is 13.2 Å². The van der Waals surface area contributed by atoms with E-state index < -0.39 is 10.2 Å². The van der Waals surface area contributed by atoms with Crippen LogP contribution in [0.4, 0.5) is 0 Å². The van der Waals surface area contributed by atoms with Gasteiger partial charge in [0.2, 0.25) is 5.91 Å². The second kappa shape index (κ2) is 7.85. The minimum Gasteiger partial charge on any atom is -0.349 e. The normalized spacial score (nSPS) is 20.5. The maximum absolute atomic E-state index is 12.7. The SMILES string of the molecule is Cc1ccc(C(C)NC(=O)C2CCCN(S(=O)(=O)N(C)C)C2)c(C)c1. The molecule has 0 aliphatic carbocycles. The molecular weight excluding hydrogens is 338 g/mol. The number of amides is 1. The van der Waals surface area contributed by atoms with Crippen LogP contribution in [0.15, 0.2) is 18.2 Å². The van der Waals surface area contributed by atoms with Gasteiger partial charge in [-0.2, -0.15) is 17.0 Å². The Morgan fingerprint density at radius 3 is 2.60 bits per heavy atom. The molecule has 7 heteroatoms. The largest absolute Gasteiger partial charge is 0.349 e. The van der Waals surface area contributed by atoms with Crippen LogP contribution in [0.1, 0.15) is 42.5 Å². The molecule has 0 spiro atoms. The van der Waals surface area contributed by atoms with E-state index >= 15 is 0 Å². The van der Waals surface area contributed by atoms with E-state index in [9.17, 15) is 13.2 Å². The van der Waals surface area contributed by atoms with Crippen molar-refractivity contribution in [3.8, 4) is 0 Å². The lowest BCUT2D eigenvalue weighted by Crippen LogP contribution is -2.49. The average molecular weight is 368 g/mol. The minimum absolute atomic E-state index is 0.0777. The molecule has 1 N–H and O–H groups in total. The van der Waals surface area contributed by atoms with Gasteiger partial charge in [0.25, 0.3) is 10.2 Å². The van der Waals surface area contributed by atoms with Gasteiger partial charge in [-0.3, -0.25) is 4.79 Å². The molecule has 25 heavy (non-hydrogen) atoms. The van der Waals surface area contributed by atoms with Crippen molar-refractivity contribution in [3.63, 3.8) is 0 Å². The molecule has 1 aromatic carbocycles. The number of nitrogens with one attached hydrogen (secondary N) is 1. The summed E-state index contributed by atoms with van der Waals surface area (Å²) >= 11 is 0.